The van der Waals surface area contributed by atoms with Crippen LogP contribution in [0.4, 0.5) is 16.3 Å². The van der Waals surface area contributed by atoms with Gasteiger partial charge >= 0.3 is 6.03 Å². The van der Waals surface area contributed by atoms with Gasteiger partial charge in [0.2, 0.25) is 0 Å². The summed E-state index contributed by atoms with van der Waals surface area (Å²) in [7, 11) is 1.80. The monoisotopic (exact) mass is 415 g/mol. The van der Waals surface area contributed by atoms with Gasteiger partial charge in [-0.25, -0.2) is 9.78 Å². The molecule has 1 fully saturated rings. The van der Waals surface area contributed by atoms with Crippen molar-refractivity contribution >= 4 is 17.5 Å². The van der Waals surface area contributed by atoms with Gasteiger partial charge in [0.1, 0.15) is 5.82 Å². The zero-order chi connectivity index (χ0) is 21.5. The smallest absolute Gasteiger partial charge is 0.319 e. The fourth-order valence-electron chi connectivity index (χ4n) is 4.15. The first-order chi connectivity index (χ1) is 15.2. The lowest BCUT2D eigenvalue weighted by atomic mass is 9.91. The van der Waals surface area contributed by atoms with Crippen LogP contribution in [0.5, 0.6) is 0 Å². The van der Waals surface area contributed by atoms with Crippen molar-refractivity contribution < 1.29 is 4.79 Å². The van der Waals surface area contributed by atoms with Gasteiger partial charge in [-0.3, -0.25) is 0 Å². The van der Waals surface area contributed by atoms with Crippen LogP contribution in [-0.4, -0.2) is 48.6 Å². The molecule has 1 aliphatic heterocycles. The van der Waals surface area contributed by atoms with E-state index in [1.807, 2.05) is 6.07 Å². The van der Waals surface area contributed by atoms with Gasteiger partial charge in [-0.2, -0.15) is 0 Å². The number of nitrogens with one attached hydrogen (secondary N) is 3. The number of urea groups is 1. The number of pyridine rings is 1. The molecule has 2 amide bonds. The Morgan fingerprint density at radius 2 is 1.74 bits per heavy atom. The summed E-state index contributed by atoms with van der Waals surface area (Å²) < 4.78 is 0. The number of hydrogen-bond donors (Lipinski definition) is 3. The summed E-state index contributed by atoms with van der Waals surface area (Å²) >= 11 is 0. The molecule has 3 aromatic rings. The molecule has 1 atom stereocenters. The van der Waals surface area contributed by atoms with Crippen LogP contribution in [0, 0.1) is 0 Å². The van der Waals surface area contributed by atoms with E-state index in [-0.39, 0.29) is 12.1 Å². The lowest BCUT2D eigenvalue weighted by Gasteiger charge is -2.25. The van der Waals surface area contributed by atoms with E-state index in [0.29, 0.717) is 5.92 Å². The van der Waals surface area contributed by atoms with Gasteiger partial charge in [0, 0.05) is 56.6 Å². The fourth-order valence-corrected chi connectivity index (χ4v) is 4.15. The van der Waals surface area contributed by atoms with E-state index in [4.69, 9.17) is 0 Å². The molecule has 31 heavy (non-hydrogen) atoms. The van der Waals surface area contributed by atoms with Gasteiger partial charge in [-0.05, 0) is 23.6 Å². The number of rotatable bonds is 7. The van der Waals surface area contributed by atoms with Crippen molar-refractivity contribution in [1.82, 2.24) is 15.2 Å². The zero-order valence-corrected chi connectivity index (χ0v) is 17.8. The molecule has 6 heteroatoms. The molecule has 0 radical (unpaired) electrons. The average molecular weight is 416 g/mol. The quantitative estimate of drug-likeness (QED) is 0.542. The Kier molecular flexibility index (Phi) is 6.79. The van der Waals surface area contributed by atoms with Crippen LogP contribution in [0.15, 0.2) is 79.0 Å². The maximum atomic E-state index is 12.5. The second-order valence-electron chi connectivity index (χ2n) is 7.90. The average Bonchev–Trinajstić information content (AvgIpc) is 3.25. The third-order valence-electron chi connectivity index (χ3n) is 5.73. The van der Waals surface area contributed by atoms with Crippen LogP contribution in [-0.2, 0) is 0 Å². The molecule has 1 aliphatic rings. The van der Waals surface area contributed by atoms with Crippen LogP contribution >= 0.6 is 0 Å². The van der Waals surface area contributed by atoms with Crippen LogP contribution in [0.2, 0.25) is 0 Å². The number of carbonyl (C=O) groups is 1. The minimum absolute atomic E-state index is 0.137. The number of aromatic nitrogens is 1. The largest absolute Gasteiger partial charge is 0.373 e. The van der Waals surface area contributed by atoms with Crippen molar-refractivity contribution in [2.75, 3.05) is 37.3 Å². The molecular weight excluding hydrogens is 386 g/mol. The Morgan fingerprint density at radius 1 is 1.06 bits per heavy atom. The van der Waals surface area contributed by atoms with Gasteiger partial charge in [-0.15, -0.1) is 0 Å². The lowest BCUT2D eigenvalue weighted by molar-refractivity contribution is 0.247. The van der Waals surface area contributed by atoms with E-state index in [0.717, 1.165) is 37.6 Å². The molecule has 1 unspecified atom stereocenters. The highest BCUT2D eigenvalue weighted by Gasteiger charge is 2.27. The molecule has 2 heterocycles. The molecule has 1 aromatic heterocycles. The normalized spacial score (nSPS) is 16.3. The third-order valence-corrected chi connectivity index (χ3v) is 5.73. The first-order valence-corrected chi connectivity index (χ1v) is 10.7. The van der Waals surface area contributed by atoms with E-state index in [2.05, 4.69) is 86.5 Å². The van der Waals surface area contributed by atoms with E-state index in [1.54, 1.807) is 19.3 Å². The molecule has 2 aromatic carbocycles. The molecule has 0 spiro atoms. The Bertz CT molecular complexity index is 940. The molecule has 0 aliphatic carbocycles. The third kappa shape index (κ3) is 5.61. The van der Waals surface area contributed by atoms with Crippen molar-refractivity contribution in [3.8, 4) is 0 Å². The molecule has 0 bridgehead atoms. The van der Waals surface area contributed by atoms with Gasteiger partial charge in [-0.1, -0.05) is 60.7 Å². The topological polar surface area (TPSA) is 69.3 Å². The van der Waals surface area contributed by atoms with Crippen molar-refractivity contribution in [2.45, 2.75) is 18.4 Å². The summed E-state index contributed by atoms with van der Waals surface area (Å²) in [5, 5.41) is 8.99. The van der Waals surface area contributed by atoms with E-state index < -0.39 is 0 Å². The number of hydrogen-bond acceptors (Lipinski definition) is 4. The molecular formula is C25H29N5O. The second-order valence-corrected chi connectivity index (χ2v) is 7.90. The van der Waals surface area contributed by atoms with Crippen molar-refractivity contribution in [1.29, 1.82) is 0 Å². The number of likely N-dealkylation sites (tertiary alicyclic amines) is 1. The van der Waals surface area contributed by atoms with Crippen molar-refractivity contribution in [3.63, 3.8) is 0 Å². The predicted molar refractivity (Wildman–Crippen MR) is 126 cm³/mol. The van der Waals surface area contributed by atoms with Crippen LogP contribution in [0.1, 0.15) is 23.5 Å². The van der Waals surface area contributed by atoms with Crippen molar-refractivity contribution in [3.05, 3.63) is 90.1 Å². The summed E-state index contributed by atoms with van der Waals surface area (Å²) in [6, 6.07) is 24.9. The van der Waals surface area contributed by atoms with E-state index in [9.17, 15) is 4.79 Å². The van der Waals surface area contributed by atoms with Gasteiger partial charge < -0.3 is 20.9 Å². The van der Waals surface area contributed by atoms with E-state index in [1.165, 1.54) is 11.1 Å². The lowest BCUT2D eigenvalue weighted by Crippen LogP contribution is -2.40. The zero-order valence-electron chi connectivity index (χ0n) is 17.8. The molecule has 3 N–H and O–H groups in total. The van der Waals surface area contributed by atoms with Gasteiger partial charge in [0.25, 0.3) is 0 Å². The minimum atomic E-state index is -0.178. The molecule has 1 saturated heterocycles. The summed E-state index contributed by atoms with van der Waals surface area (Å²) in [5.74, 6) is 1.03. The number of benzene rings is 2. The van der Waals surface area contributed by atoms with Crippen molar-refractivity contribution in [2.24, 2.45) is 0 Å². The van der Waals surface area contributed by atoms with E-state index >= 15 is 0 Å². The molecule has 4 rings (SSSR count). The molecule has 6 nitrogen and oxygen atoms in total. The number of carbonyl (C=O) groups excluding carboxylic acids is 1. The van der Waals surface area contributed by atoms with Crippen LogP contribution in [0.3, 0.4) is 0 Å². The number of anilines is 2. The minimum Gasteiger partial charge on any atom is -0.373 e. The Balaban J connectivity index is 1.35. The maximum Gasteiger partial charge on any atom is 0.319 e. The second kappa shape index (κ2) is 10.1. The molecule has 0 saturated carbocycles. The number of amides is 2. The SMILES string of the molecule is CNc1cc(NC(=O)NC2CCN(CC(c3ccccc3)c3ccccc3)C2)ccn1. The first kappa shape index (κ1) is 20.9. The standard InChI is InChI=1S/C25H29N5O/c1-26-24-16-21(12-14-27-24)28-25(31)29-22-13-15-30(17-22)18-23(19-8-4-2-5-9-19)20-10-6-3-7-11-20/h2-12,14,16,22-23H,13,15,17-18H2,1H3,(H3,26,27,28,29,31). The first-order valence-electron chi connectivity index (χ1n) is 10.7. The number of nitrogens with zero attached hydrogens (tertiary/aromatic N) is 2. The fraction of sp³-hybridized carbons (Fsp3) is 0.280. The maximum absolute atomic E-state index is 12.5. The van der Waals surface area contributed by atoms with Gasteiger partial charge in [0.15, 0.2) is 0 Å². The highest BCUT2D eigenvalue weighted by atomic mass is 16.2. The highest BCUT2D eigenvalue weighted by Crippen LogP contribution is 2.27. The Hall–Kier alpha value is -3.38. The summed E-state index contributed by atoms with van der Waals surface area (Å²) in [5.41, 5.74) is 3.36. The summed E-state index contributed by atoms with van der Waals surface area (Å²) in [6.45, 7) is 2.76. The predicted octanol–water partition coefficient (Wildman–Crippen LogP) is 4.15. The summed E-state index contributed by atoms with van der Waals surface area (Å²) in [4.78, 5) is 19.1. The summed E-state index contributed by atoms with van der Waals surface area (Å²) in [6.07, 6.45) is 2.62. The Labute approximate surface area is 183 Å². The highest BCUT2D eigenvalue weighted by molar-refractivity contribution is 5.89. The van der Waals surface area contributed by atoms with Gasteiger partial charge in [0.05, 0.1) is 0 Å². The molecule has 160 valence electrons. The Morgan fingerprint density at radius 3 is 2.39 bits per heavy atom. The van der Waals surface area contributed by atoms with Crippen LogP contribution in [0.25, 0.3) is 0 Å². The van der Waals surface area contributed by atoms with Crippen LogP contribution < -0.4 is 16.0 Å².